The van der Waals surface area contributed by atoms with E-state index >= 15 is 0 Å². The molecule has 0 aliphatic rings. The van der Waals surface area contributed by atoms with Crippen molar-refractivity contribution in [1.29, 1.82) is 0 Å². The van der Waals surface area contributed by atoms with Gasteiger partial charge in [0.2, 0.25) is 0 Å². The topological polar surface area (TPSA) is 94.6 Å². The monoisotopic (exact) mass is 290 g/mol. The van der Waals surface area contributed by atoms with Crippen LogP contribution in [0.4, 0.5) is 0 Å². The van der Waals surface area contributed by atoms with Crippen molar-refractivity contribution in [1.82, 2.24) is 39.7 Å². The molecule has 0 bridgehead atoms. The molecule has 0 atom stereocenters. The number of aryl methyl sites for hydroxylation is 1. The Morgan fingerprint density at radius 1 is 1.05 bits per heavy atom. The van der Waals surface area contributed by atoms with Crippen LogP contribution in [0.15, 0.2) is 43.1 Å². The van der Waals surface area contributed by atoms with Crippen LogP contribution in [-0.2, 0) is 0 Å². The lowest BCUT2D eigenvalue weighted by Gasteiger charge is -2.03. The molecule has 0 N–H and O–H groups in total. The van der Waals surface area contributed by atoms with E-state index in [-0.39, 0.29) is 0 Å². The van der Waals surface area contributed by atoms with Gasteiger partial charge in [-0.15, -0.1) is 15.3 Å². The van der Waals surface area contributed by atoms with Gasteiger partial charge in [-0.3, -0.25) is 4.98 Å². The van der Waals surface area contributed by atoms with E-state index in [2.05, 4.69) is 35.2 Å². The SMILES string of the molecule is Cc1c(-c2ccncn2)nnc2nc(-c3cccnc3)nn12. The zero-order chi connectivity index (χ0) is 14.9. The zero-order valence-electron chi connectivity index (χ0n) is 11.6. The van der Waals surface area contributed by atoms with E-state index in [0.717, 1.165) is 11.3 Å². The lowest BCUT2D eigenvalue weighted by atomic mass is 10.2. The van der Waals surface area contributed by atoms with Gasteiger partial charge in [0.1, 0.15) is 12.0 Å². The summed E-state index contributed by atoms with van der Waals surface area (Å²) >= 11 is 0. The minimum Gasteiger partial charge on any atom is -0.264 e. The van der Waals surface area contributed by atoms with Crippen LogP contribution in [0.3, 0.4) is 0 Å². The molecule has 0 aromatic carbocycles. The Bertz CT molecular complexity index is 933. The molecule has 4 aromatic rings. The summed E-state index contributed by atoms with van der Waals surface area (Å²) in [6.45, 7) is 1.90. The van der Waals surface area contributed by atoms with Crippen molar-refractivity contribution in [3.63, 3.8) is 0 Å². The predicted octanol–water partition coefficient (Wildman–Crippen LogP) is 1.35. The zero-order valence-corrected chi connectivity index (χ0v) is 11.6. The molecule has 4 heterocycles. The molecule has 0 saturated carbocycles. The van der Waals surface area contributed by atoms with E-state index < -0.39 is 0 Å². The average Bonchev–Trinajstić information content (AvgIpc) is 3.02. The number of aromatic nitrogens is 8. The summed E-state index contributed by atoms with van der Waals surface area (Å²) < 4.78 is 1.66. The Kier molecular flexibility index (Phi) is 2.78. The highest BCUT2D eigenvalue weighted by molar-refractivity contribution is 5.59. The summed E-state index contributed by atoms with van der Waals surface area (Å²) in [5, 5.41) is 12.8. The molecule has 0 unspecified atom stereocenters. The highest BCUT2D eigenvalue weighted by atomic mass is 15.4. The minimum absolute atomic E-state index is 0.439. The molecule has 0 saturated heterocycles. The average molecular weight is 290 g/mol. The smallest absolute Gasteiger partial charge is 0.264 e. The Hall–Kier alpha value is -3.29. The second-order valence-corrected chi connectivity index (χ2v) is 4.62. The van der Waals surface area contributed by atoms with Crippen LogP contribution in [0, 0.1) is 6.92 Å². The molecule has 0 fully saturated rings. The van der Waals surface area contributed by atoms with Crippen molar-refractivity contribution in [2.45, 2.75) is 6.92 Å². The van der Waals surface area contributed by atoms with E-state index in [9.17, 15) is 0 Å². The first-order valence-corrected chi connectivity index (χ1v) is 6.60. The predicted molar refractivity (Wildman–Crippen MR) is 77.6 cm³/mol. The van der Waals surface area contributed by atoms with Crippen molar-refractivity contribution >= 4 is 5.78 Å². The van der Waals surface area contributed by atoms with Gasteiger partial charge in [-0.25, -0.2) is 9.97 Å². The first-order valence-electron chi connectivity index (χ1n) is 6.60. The summed E-state index contributed by atoms with van der Waals surface area (Å²) in [7, 11) is 0. The van der Waals surface area contributed by atoms with Gasteiger partial charge >= 0.3 is 0 Å². The quantitative estimate of drug-likeness (QED) is 0.550. The molecule has 0 radical (unpaired) electrons. The third-order valence-corrected chi connectivity index (χ3v) is 3.23. The van der Waals surface area contributed by atoms with Gasteiger partial charge in [-0.05, 0) is 25.1 Å². The van der Waals surface area contributed by atoms with Gasteiger partial charge in [-0.1, -0.05) is 0 Å². The van der Waals surface area contributed by atoms with Crippen LogP contribution in [0.5, 0.6) is 0 Å². The Balaban J connectivity index is 1.89. The van der Waals surface area contributed by atoms with Gasteiger partial charge in [0.05, 0.1) is 11.4 Å². The number of nitrogens with zero attached hydrogens (tertiary/aromatic N) is 8. The van der Waals surface area contributed by atoms with E-state index in [1.807, 2.05) is 19.1 Å². The van der Waals surface area contributed by atoms with Gasteiger partial charge in [0.25, 0.3) is 5.78 Å². The molecule has 0 aliphatic heterocycles. The summed E-state index contributed by atoms with van der Waals surface area (Å²) in [5.41, 5.74) is 2.99. The Morgan fingerprint density at radius 3 is 2.77 bits per heavy atom. The molecule has 0 spiro atoms. The van der Waals surface area contributed by atoms with Crippen LogP contribution >= 0.6 is 0 Å². The van der Waals surface area contributed by atoms with E-state index in [4.69, 9.17) is 0 Å². The molecule has 106 valence electrons. The fourth-order valence-corrected chi connectivity index (χ4v) is 2.15. The second-order valence-electron chi connectivity index (χ2n) is 4.62. The number of fused-ring (bicyclic) bond motifs is 1. The van der Waals surface area contributed by atoms with Crippen molar-refractivity contribution in [2.24, 2.45) is 0 Å². The Morgan fingerprint density at radius 2 is 2.00 bits per heavy atom. The summed E-state index contributed by atoms with van der Waals surface area (Å²) in [5.74, 6) is 1.000. The molecular formula is C14H10N8. The third-order valence-electron chi connectivity index (χ3n) is 3.23. The lowest BCUT2D eigenvalue weighted by Crippen LogP contribution is -2.03. The van der Waals surface area contributed by atoms with Gasteiger partial charge in [-0.2, -0.15) is 9.50 Å². The van der Waals surface area contributed by atoms with Gasteiger partial charge in [0, 0.05) is 24.2 Å². The molecule has 4 aromatic heterocycles. The highest BCUT2D eigenvalue weighted by Gasteiger charge is 2.14. The molecule has 0 aliphatic carbocycles. The summed E-state index contributed by atoms with van der Waals surface area (Å²) in [4.78, 5) is 16.6. The fourth-order valence-electron chi connectivity index (χ4n) is 2.15. The maximum atomic E-state index is 4.49. The van der Waals surface area contributed by atoms with E-state index in [1.165, 1.54) is 6.33 Å². The largest absolute Gasteiger partial charge is 0.272 e. The third kappa shape index (κ3) is 1.97. The molecule has 8 heteroatoms. The molecule has 8 nitrogen and oxygen atoms in total. The van der Waals surface area contributed by atoms with E-state index in [1.54, 1.807) is 29.2 Å². The molecule has 4 rings (SSSR count). The van der Waals surface area contributed by atoms with Gasteiger partial charge < -0.3 is 0 Å². The Labute approximate surface area is 125 Å². The normalized spacial score (nSPS) is 11.0. The fraction of sp³-hybridized carbons (Fsp3) is 0.0714. The lowest BCUT2D eigenvalue weighted by molar-refractivity contribution is 0.851. The van der Waals surface area contributed by atoms with Crippen LogP contribution in [0.2, 0.25) is 0 Å². The molecule has 22 heavy (non-hydrogen) atoms. The van der Waals surface area contributed by atoms with Crippen LogP contribution in [0.1, 0.15) is 5.69 Å². The van der Waals surface area contributed by atoms with E-state index in [0.29, 0.717) is 23.0 Å². The number of hydrogen-bond acceptors (Lipinski definition) is 7. The summed E-state index contributed by atoms with van der Waals surface area (Å²) in [6.07, 6.45) is 6.56. The molecular weight excluding hydrogens is 280 g/mol. The molecule has 0 amide bonds. The number of rotatable bonds is 2. The van der Waals surface area contributed by atoms with Crippen molar-refractivity contribution < 1.29 is 0 Å². The first kappa shape index (κ1) is 12.5. The van der Waals surface area contributed by atoms with Crippen molar-refractivity contribution in [3.8, 4) is 22.8 Å². The van der Waals surface area contributed by atoms with Crippen molar-refractivity contribution in [2.75, 3.05) is 0 Å². The van der Waals surface area contributed by atoms with Crippen LogP contribution in [-0.4, -0.2) is 39.7 Å². The van der Waals surface area contributed by atoms with Crippen LogP contribution < -0.4 is 0 Å². The second kappa shape index (κ2) is 4.92. The summed E-state index contributed by atoms with van der Waals surface area (Å²) in [6, 6.07) is 5.52. The maximum absolute atomic E-state index is 4.49. The van der Waals surface area contributed by atoms with Gasteiger partial charge in [0.15, 0.2) is 5.82 Å². The minimum atomic E-state index is 0.439. The number of hydrogen-bond donors (Lipinski definition) is 0. The maximum Gasteiger partial charge on any atom is 0.272 e. The standard InChI is InChI=1S/C14H10N8/c1-9-12(11-4-6-16-8-17-11)19-20-14-18-13(21-22(9)14)10-3-2-5-15-7-10/h2-8H,1H3. The van der Waals surface area contributed by atoms with Crippen molar-refractivity contribution in [3.05, 3.63) is 48.8 Å². The van der Waals surface area contributed by atoms with Crippen LogP contribution in [0.25, 0.3) is 28.6 Å². The highest BCUT2D eigenvalue weighted by Crippen LogP contribution is 2.19. The first-order chi connectivity index (χ1) is 10.8. The number of pyridine rings is 1.